The quantitative estimate of drug-likeness (QED) is 0.316. The monoisotopic (exact) mass is 493 g/mol. The van der Waals surface area contributed by atoms with Crippen LogP contribution in [-0.4, -0.2) is 16.9 Å². The van der Waals surface area contributed by atoms with Gasteiger partial charge >= 0.3 is 5.97 Å². The van der Waals surface area contributed by atoms with E-state index in [1.54, 1.807) is 42.5 Å². The van der Waals surface area contributed by atoms with Crippen molar-refractivity contribution in [1.82, 2.24) is 10.5 Å². The molecular weight excluding hydrogens is 472 g/mol. The second-order valence-electron chi connectivity index (χ2n) is 8.36. The Kier molecular flexibility index (Phi) is 6.41. The van der Waals surface area contributed by atoms with Gasteiger partial charge in [0, 0.05) is 5.56 Å². The second-order valence-corrected chi connectivity index (χ2v) is 9.39. The molecule has 1 aliphatic carbocycles. The SMILES string of the molecule is O=C(NOC(=O)C1CCCC1)c1ccc(-c2ccc(Nc3nc4ccc(F)cc4s3)c(F)c2)cc1. The third kappa shape index (κ3) is 5.14. The first-order valence-electron chi connectivity index (χ1n) is 11.2. The fourth-order valence-electron chi connectivity index (χ4n) is 4.08. The summed E-state index contributed by atoms with van der Waals surface area (Å²) >= 11 is 1.23. The number of nitrogens with zero attached hydrogens (tertiary/aromatic N) is 1. The smallest absolute Gasteiger partial charge is 0.335 e. The maximum Gasteiger partial charge on any atom is 0.335 e. The van der Waals surface area contributed by atoms with E-state index in [0.717, 1.165) is 25.7 Å². The van der Waals surface area contributed by atoms with Crippen molar-refractivity contribution < 1.29 is 23.2 Å². The van der Waals surface area contributed by atoms with Crippen molar-refractivity contribution in [3.63, 3.8) is 0 Å². The summed E-state index contributed by atoms with van der Waals surface area (Å²) < 4.78 is 28.9. The topological polar surface area (TPSA) is 80.3 Å². The molecule has 0 radical (unpaired) electrons. The van der Waals surface area contributed by atoms with Crippen molar-refractivity contribution in [2.24, 2.45) is 5.92 Å². The highest BCUT2D eigenvalue weighted by atomic mass is 32.1. The Bertz CT molecular complexity index is 1400. The summed E-state index contributed by atoms with van der Waals surface area (Å²) in [6.45, 7) is 0. The van der Waals surface area contributed by atoms with Crippen LogP contribution in [0.1, 0.15) is 36.0 Å². The fraction of sp³-hybridized carbons (Fsp3) is 0.192. The molecule has 5 rings (SSSR count). The average molecular weight is 494 g/mol. The fourth-order valence-corrected chi connectivity index (χ4v) is 4.98. The minimum Gasteiger partial charge on any atom is -0.340 e. The van der Waals surface area contributed by atoms with E-state index in [0.29, 0.717) is 32.0 Å². The molecule has 9 heteroatoms. The lowest BCUT2D eigenvalue weighted by Crippen LogP contribution is -2.29. The summed E-state index contributed by atoms with van der Waals surface area (Å²) in [7, 11) is 0. The lowest BCUT2D eigenvalue weighted by molar-refractivity contribution is -0.153. The Morgan fingerprint density at radius 3 is 2.43 bits per heavy atom. The van der Waals surface area contributed by atoms with Gasteiger partial charge in [-0.3, -0.25) is 4.79 Å². The first-order chi connectivity index (χ1) is 17.0. The van der Waals surface area contributed by atoms with E-state index in [4.69, 9.17) is 4.84 Å². The lowest BCUT2D eigenvalue weighted by Gasteiger charge is -2.10. The summed E-state index contributed by atoms with van der Waals surface area (Å²) in [5.41, 5.74) is 4.74. The number of hydrogen-bond acceptors (Lipinski definition) is 6. The van der Waals surface area contributed by atoms with Gasteiger partial charge in [0.05, 0.1) is 21.8 Å². The highest BCUT2D eigenvalue weighted by Gasteiger charge is 2.25. The second kappa shape index (κ2) is 9.79. The van der Waals surface area contributed by atoms with Gasteiger partial charge in [0.1, 0.15) is 11.6 Å². The zero-order chi connectivity index (χ0) is 24.4. The molecule has 35 heavy (non-hydrogen) atoms. The van der Waals surface area contributed by atoms with Gasteiger partial charge in [0.2, 0.25) is 0 Å². The van der Waals surface area contributed by atoms with Crippen LogP contribution >= 0.6 is 11.3 Å². The Morgan fingerprint density at radius 1 is 0.943 bits per heavy atom. The zero-order valence-electron chi connectivity index (χ0n) is 18.5. The number of hydroxylamine groups is 1. The third-order valence-corrected chi connectivity index (χ3v) is 6.91. The molecule has 0 saturated heterocycles. The highest BCUT2D eigenvalue weighted by Crippen LogP contribution is 2.31. The van der Waals surface area contributed by atoms with Crippen LogP contribution in [0.2, 0.25) is 0 Å². The van der Waals surface area contributed by atoms with E-state index in [9.17, 15) is 18.4 Å². The van der Waals surface area contributed by atoms with E-state index in [1.165, 1.54) is 29.5 Å². The molecular formula is C26H21F2N3O3S. The van der Waals surface area contributed by atoms with Crippen LogP contribution in [0.3, 0.4) is 0 Å². The van der Waals surface area contributed by atoms with Gasteiger partial charge in [-0.15, -0.1) is 0 Å². The van der Waals surface area contributed by atoms with Crippen molar-refractivity contribution in [1.29, 1.82) is 0 Å². The van der Waals surface area contributed by atoms with E-state index in [2.05, 4.69) is 15.8 Å². The largest absolute Gasteiger partial charge is 0.340 e. The number of rotatable bonds is 5. The number of thiazole rings is 1. The molecule has 6 nitrogen and oxygen atoms in total. The van der Waals surface area contributed by atoms with Crippen LogP contribution in [0.4, 0.5) is 19.6 Å². The maximum absolute atomic E-state index is 14.8. The molecule has 0 bridgehead atoms. The molecule has 1 fully saturated rings. The normalized spacial score (nSPS) is 13.7. The molecule has 1 amide bonds. The minimum atomic E-state index is -0.524. The Balaban J connectivity index is 1.23. The molecule has 0 unspecified atom stereocenters. The summed E-state index contributed by atoms with van der Waals surface area (Å²) in [5, 5.41) is 3.40. The Hall–Kier alpha value is -3.85. The highest BCUT2D eigenvalue weighted by molar-refractivity contribution is 7.22. The molecule has 3 aromatic carbocycles. The summed E-state index contributed by atoms with van der Waals surface area (Å²) in [6, 6.07) is 15.6. The summed E-state index contributed by atoms with van der Waals surface area (Å²) in [6.07, 6.45) is 3.57. The molecule has 2 N–H and O–H groups in total. The maximum atomic E-state index is 14.8. The summed E-state index contributed by atoms with van der Waals surface area (Å²) in [5.74, 6) is -1.91. The van der Waals surface area contributed by atoms with Crippen molar-refractivity contribution in [3.05, 3.63) is 77.9 Å². The van der Waals surface area contributed by atoms with Crippen LogP contribution < -0.4 is 10.8 Å². The van der Waals surface area contributed by atoms with E-state index in [-0.39, 0.29) is 17.4 Å². The van der Waals surface area contributed by atoms with Gasteiger partial charge in [-0.25, -0.2) is 18.6 Å². The molecule has 178 valence electrons. The molecule has 1 aliphatic rings. The first kappa shape index (κ1) is 22.9. The van der Waals surface area contributed by atoms with E-state index in [1.807, 2.05) is 0 Å². The number of carbonyl (C=O) groups is 2. The van der Waals surface area contributed by atoms with Crippen LogP contribution in [0.25, 0.3) is 21.3 Å². The van der Waals surface area contributed by atoms with Gasteiger partial charge < -0.3 is 10.2 Å². The summed E-state index contributed by atoms with van der Waals surface area (Å²) in [4.78, 5) is 33.5. The number of fused-ring (bicyclic) bond motifs is 1. The van der Waals surface area contributed by atoms with E-state index < -0.39 is 17.7 Å². The van der Waals surface area contributed by atoms with Gasteiger partial charge in [-0.2, -0.15) is 5.48 Å². The Labute approximate surface area is 203 Å². The van der Waals surface area contributed by atoms with Gasteiger partial charge in [-0.05, 0) is 66.4 Å². The lowest BCUT2D eigenvalue weighted by atomic mass is 10.0. The minimum absolute atomic E-state index is 0.150. The number of amides is 1. The first-order valence-corrected chi connectivity index (χ1v) is 12.0. The molecule has 1 saturated carbocycles. The molecule has 0 atom stereocenters. The molecule has 0 aliphatic heterocycles. The number of aromatic nitrogens is 1. The molecule has 0 spiro atoms. The number of hydrogen-bond donors (Lipinski definition) is 2. The zero-order valence-corrected chi connectivity index (χ0v) is 19.3. The van der Waals surface area contributed by atoms with Crippen LogP contribution in [0.5, 0.6) is 0 Å². The number of carbonyl (C=O) groups excluding carboxylic acids is 2. The predicted octanol–water partition coefficient (Wildman–Crippen LogP) is 6.36. The molecule has 4 aromatic rings. The van der Waals surface area contributed by atoms with Crippen LogP contribution in [0, 0.1) is 17.6 Å². The molecule has 1 heterocycles. The van der Waals surface area contributed by atoms with Gasteiger partial charge in [-0.1, -0.05) is 42.4 Å². The standard InChI is InChI=1S/C26H21F2N3O3S/c27-19-10-12-22-23(14-19)35-26(30-22)29-21-11-9-18(13-20(21)28)15-5-7-16(8-6-15)24(32)31-34-25(33)17-3-1-2-4-17/h5-14,17H,1-4H2,(H,29,30)(H,31,32). The number of benzene rings is 3. The number of halogens is 2. The van der Waals surface area contributed by atoms with Crippen molar-refractivity contribution in [2.45, 2.75) is 25.7 Å². The van der Waals surface area contributed by atoms with Crippen molar-refractivity contribution in [2.75, 3.05) is 5.32 Å². The average Bonchev–Trinajstić information content (AvgIpc) is 3.53. The van der Waals surface area contributed by atoms with Crippen molar-refractivity contribution >= 4 is 44.2 Å². The molecule has 1 aromatic heterocycles. The number of nitrogens with one attached hydrogen (secondary N) is 2. The number of anilines is 2. The van der Waals surface area contributed by atoms with Crippen LogP contribution in [0.15, 0.2) is 60.7 Å². The van der Waals surface area contributed by atoms with Gasteiger partial charge in [0.25, 0.3) is 5.91 Å². The Morgan fingerprint density at radius 2 is 1.69 bits per heavy atom. The van der Waals surface area contributed by atoms with Gasteiger partial charge in [0.15, 0.2) is 5.13 Å². The predicted molar refractivity (Wildman–Crippen MR) is 130 cm³/mol. The van der Waals surface area contributed by atoms with Crippen molar-refractivity contribution in [3.8, 4) is 11.1 Å². The van der Waals surface area contributed by atoms with E-state index >= 15 is 0 Å². The van der Waals surface area contributed by atoms with Crippen LogP contribution in [-0.2, 0) is 9.63 Å². The third-order valence-electron chi connectivity index (χ3n) is 5.97.